The third-order valence-corrected chi connectivity index (χ3v) is 5.57. The summed E-state index contributed by atoms with van der Waals surface area (Å²) >= 11 is 1.25. The molecule has 0 aliphatic heterocycles. The molecule has 0 atom stereocenters. The van der Waals surface area contributed by atoms with Crippen LogP contribution in [0.15, 0.2) is 60.9 Å². The Morgan fingerprint density at radius 1 is 1.10 bits per heavy atom. The molecule has 8 heteroatoms. The average Bonchev–Trinajstić information content (AvgIpc) is 3.22. The highest BCUT2D eigenvalue weighted by molar-refractivity contribution is 7.22. The third-order valence-electron chi connectivity index (χ3n) is 4.53. The highest BCUT2D eigenvalue weighted by atomic mass is 32.1. The van der Waals surface area contributed by atoms with Crippen molar-refractivity contribution >= 4 is 32.6 Å². The zero-order valence-corrected chi connectivity index (χ0v) is 17.1. The number of hydrogen-bond acceptors (Lipinski definition) is 6. The maximum Gasteiger partial charge on any atom is 0.264 e. The number of thiazole rings is 1. The van der Waals surface area contributed by atoms with Gasteiger partial charge in [-0.3, -0.25) is 14.7 Å². The molecule has 0 spiro atoms. The van der Waals surface area contributed by atoms with Crippen molar-refractivity contribution in [2.75, 3.05) is 19.1 Å². The van der Waals surface area contributed by atoms with Crippen molar-refractivity contribution in [2.45, 2.75) is 6.54 Å². The van der Waals surface area contributed by atoms with Gasteiger partial charge in [0.25, 0.3) is 5.91 Å². The topological polar surface area (TPSA) is 64.5 Å². The van der Waals surface area contributed by atoms with Crippen LogP contribution in [0.1, 0.15) is 15.9 Å². The Kier molecular flexibility index (Phi) is 5.58. The lowest BCUT2D eigenvalue weighted by Gasteiger charge is -2.21. The van der Waals surface area contributed by atoms with Crippen molar-refractivity contribution in [3.05, 3.63) is 77.9 Å². The molecular weight excluding hydrogens is 405 g/mol. The number of benzene rings is 2. The number of rotatable bonds is 6. The first-order valence-corrected chi connectivity index (χ1v) is 9.91. The third kappa shape index (κ3) is 3.69. The summed E-state index contributed by atoms with van der Waals surface area (Å²) in [4.78, 5) is 23.6. The van der Waals surface area contributed by atoms with Gasteiger partial charge in [-0.15, -0.1) is 0 Å². The molecule has 0 aliphatic rings. The molecule has 30 heavy (non-hydrogen) atoms. The maximum atomic E-state index is 14.2. The molecule has 4 aromatic rings. The lowest BCUT2D eigenvalue weighted by molar-refractivity contribution is 0.0981. The van der Waals surface area contributed by atoms with Gasteiger partial charge in [-0.1, -0.05) is 29.5 Å². The summed E-state index contributed by atoms with van der Waals surface area (Å²) in [6.07, 6.45) is 3.34. The minimum atomic E-state index is -0.428. The van der Waals surface area contributed by atoms with Crippen LogP contribution in [0.4, 0.5) is 9.52 Å². The molecule has 0 fully saturated rings. The summed E-state index contributed by atoms with van der Waals surface area (Å²) in [7, 11) is 2.99. The second kappa shape index (κ2) is 8.46. The van der Waals surface area contributed by atoms with Crippen molar-refractivity contribution < 1.29 is 18.7 Å². The van der Waals surface area contributed by atoms with Gasteiger partial charge in [0.2, 0.25) is 0 Å². The predicted octanol–water partition coefficient (Wildman–Crippen LogP) is 4.69. The minimum Gasteiger partial charge on any atom is -0.493 e. The number of pyridine rings is 1. The normalized spacial score (nSPS) is 10.8. The van der Waals surface area contributed by atoms with Crippen molar-refractivity contribution in [3.63, 3.8) is 0 Å². The number of para-hydroxylation sites is 2. The minimum absolute atomic E-state index is 0.217. The van der Waals surface area contributed by atoms with E-state index in [1.54, 1.807) is 48.8 Å². The van der Waals surface area contributed by atoms with Crippen molar-refractivity contribution in [2.24, 2.45) is 0 Å². The lowest BCUT2D eigenvalue weighted by atomic mass is 10.1. The molecule has 0 unspecified atom stereocenters. The number of ether oxygens (including phenoxy) is 2. The number of hydrogen-bond donors (Lipinski definition) is 0. The zero-order chi connectivity index (χ0) is 21.1. The molecule has 0 radical (unpaired) electrons. The van der Waals surface area contributed by atoms with Gasteiger partial charge < -0.3 is 9.47 Å². The van der Waals surface area contributed by atoms with Crippen LogP contribution >= 0.6 is 11.3 Å². The highest BCUT2D eigenvalue weighted by Gasteiger charge is 2.26. The molecule has 0 N–H and O–H groups in total. The number of anilines is 1. The van der Waals surface area contributed by atoms with E-state index in [1.165, 1.54) is 36.5 Å². The van der Waals surface area contributed by atoms with Crippen molar-refractivity contribution in [1.82, 2.24) is 9.97 Å². The molecule has 2 heterocycles. The molecule has 0 bridgehead atoms. The summed E-state index contributed by atoms with van der Waals surface area (Å²) in [5, 5.41) is 0.383. The van der Waals surface area contributed by atoms with Crippen LogP contribution in [0.3, 0.4) is 0 Å². The van der Waals surface area contributed by atoms with E-state index in [-0.39, 0.29) is 18.0 Å². The second-order valence-corrected chi connectivity index (χ2v) is 7.39. The van der Waals surface area contributed by atoms with Gasteiger partial charge in [0, 0.05) is 12.4 Å². The van der Waals surface area contributed by atoms with Gasteiger partial charge in [-0.05, 0) is 35.9 Å². The zero-order valence-electron chi connectivity index (χ0n) is 16.3. The first-order valence-electron chi connectivity index (χ1n) is 9.09. The number of halogens is 1. The summed E-state index contributed by atoms with van der Waals surface area (Å²) in [6.45, 7) is 0.217. The number of amides is 1. The van der Waals surface area contributed by atoms with Gasteiger partial charge in [-0.25, -0.2) is 9.37 Å². The van der Waals surface area contributed by atoms with Gasteiger partial charge in [0.05, 0.1) is 31.0 Å². The van der Waals surface area contributed by atoms with Crippen molar-refractivity contribution in [3.8, 4) is 11.5 Å². The van der Waals surface area contributed by atoms with Crippen LogP contribution in [0.25, 0.3) is 10.2 Å². The fraction of sp³-hybridized carbons (Fsp3) is 0.136. The number of aromatic nitrogens is 2. The van der Waals surface area contributed by atoms with E-state index in [0.717, 1.165) is 5.56 Å². The number of fused-ring (bicyclic) bond motifs is 1. The Balaban J connectivity index is 1.83. The molecule has 6 nitrogen and oxygen atoms in total. The lowest BCUT2D eigenvalue weighted by Crippen LogP contribution is -2.30. The Hall–Kier alpha value is -3.52. The van der Waals surface area contributed by atoms with Gasteiger partial charge >= 0.3 is 0 Å². The number of carbonyl (C=O) groups excluding carboxylic acids is 1. The fourth-order valence-electron chi connectivity index (χ4n) is 3.12. The second-order valence-electron chi connectivity index (χ2n) is 6.38. The van der Waals surface area contributed by atoms with E-state index in [1.807, 2.05) is 6.07 Å². The fourth-order valence-corrected chi connectivity index (χ4v) is 4.10. The van der Waals surface area contributed by atoms with E-state index >= 15 is 0 Å². The smallest absolute Gasteiger partial charge is 0.264 e. The molecule has 0 aliphatic carbocycles. The monoisotopic (exact) mass is 423 g/mol. The SMILES string of the molecule is COc1cccc(C(=O)N(Cc2cccnc2)c2nc3c(F)cccc3s2)c1OC. The van der Waals surface area contributed by atoms with Crippen LogP contribution in [0.5, 0.6) is 11.5 Å². The van der Waals surface area contributed by atoms with Crippen LogP contribution < -0.4 is 14.4 Å². The van der Waals surface area contributed by atoms with Crippen LogP contribution in [-0.2, 0) is 6.54 Å². The van der Waals surface area contributed by atoms with Gasteiger partial charge in [-0.2, -0.15) is 0 Å². The number of methoxy groups -OCH3 is 2. The first-order chi connectivity index (χ1) is 14.6. The van der Waals surface area contributed by atoms with Crippen LogP contribution in [-0.4, -0.2) is 30.1 Å². The van der Waals surface area contributed by atoms with E-state index < -0.39 is 5.82 Å². The van der Waals surface area contributed by atoms with Crippen LogP contribution in [0.2, 0.25) is 0 Å². The van der Waals surface area contributed by atoms with E-state index in [4.69, 9.17) is 9.47 Å². The van der Waals surface area contributed by atoms with Gasteiger partial charge in [0.15, 0.2) is 16.6 Å². The predicted molar refractivity (Wildman–Crippen MR) is 114 cm³/mol. The first kappa shape index (κ1) is 19.8. The van der Waals surface area contributed by atoms with E-state index in [0.29, 0.717) is 26.9 Å². The maximum absolute atomic E-state index is 14.2. The highest BCUT2D eigenvalue weighted by Crippen LogP contribution is 2.35. The molecule has 4 rings (SSSR count). The van der Waals surface area contributed by atoms with Gasteiger partial charge in [0.1, 0.15) is 11.3 Å². The largest absolute Gasteiger partial charge is 0.493 e. The summed E-state index contributed by atoms with van der Waals surface area (Å²) in [5.41, 5.74) is 1.37. The number of nitrogens with zero attached hydrogens (tertiary/aromatic N) is 3. The molecule has 152 valence electrons. The Labute approximate surface area is 176 Å². The summed E-state index contributed by atoms with van der Waals surface area (Å²) < 4.78 is 25.7. The summed E-state index contributed by atoms with van der Waals surface area (Å²) in [5.74, 6) is 0.00491. The van der Waals surface area contributed by atoms with E-state index in [2.05, 4.69) is 9.97 Å². The average molecular weight is 423 g/mol. The number of carbonyl (C=O) groups is 1. The Morgan fingerprint density at radius 2 is 1.93 bits per heavy atom. The Bertz CT molecular complexity index is 1200. The molecular formula is C22H18FN3O3S. The standard InChI is InChI=1S/C22H18FN3O3S/c1-28-17-9-3-7-15(20(17)29-2)21(27)26(13-14-6-5-11-24-12-14)22-25-19-16(23)8-4-10-18(19)30-22/h3-12H,13H2,1-2H3. The van der Waals surface area contributed by atoms with Crippen LogP contribution in [0, 0.1) is 5.82 Å². The molecule has 0 saturated heterocycles. The quantitative estimate of drug-likeness (QED) is 0.450. The van der Waals surface area contributed by atoms with Crippen molar-refractivity contribution in [1.29, 1.82) is 0 Å². The molecule has 0 saturated carbocycles. The molecule has 1 amide bonds. The van der Waals surface area contributed by atoms with E-state index in [9.17, 15) is 9.18 Å². The Morgan fingerprint density at radius 3 is 2.63 bits per heavy atom. The molecule has 2 aromatic heterocycles. The summed E-state index contributed by atoms with van der Waals surface area (Å²) in [6, 6.07) is 13.5. The molecule has 2 aromatic carbocycles.